The molecule has 4 nitrogen and oxygen atoms in total. The zero-order valence-corrected chi connectivity index (χ0v) is 10.9. The van der Waals surface area contributed by atoms with Crippen LogP contribution in [0.15, 0.2) is 0 Å². The van der Waals surface area contributed by atoms with Gasteiger partial charge < -0.3 is 0 Å². The maximum Gasteiger partial charge on any atom is 0.211 e. The van der Waals surface area contributed by atoms with Crippen LogP contribution in [0, 0.1) is 11.3 Å². The molecule has 1 fully saturated rings. The first-order valence-electron chi connectivity index (χ1n) is 5.59. The van der Waals surface area contributed by atoms with Crippen LogP contribution in [0.4, 0.5) is 0 Å². The molecule has 0 aromatic rings. The summed E-state index contributed by atoms with van der Waals surface area (Å²) in [5, 5.41) is 8.34. The molecule has 0 aromatic heterocycles. The quantitative estimate of drug-likeness (QED) is 0.736. The van der Waals surface area contributed by atoms with Crippen molar-refractivity contribution in [1.82, 2.24) is 4.72 Å². The van der Waals surface area contributed by atoms with Crippen LogP contribution in [0.5, 0.6) is 0 Å². The van der Waals surface area contributed by atoms with Gasteiger partial charge in [0, 0.05) is 18.2 Å². The summed E-state index contributed by atoms with van der Waals surface area (Å²) in [6.45, 7) is 0. The van der Waals surface area contributed by atoms with Crippen molar-refractivity contribution < 1.29 is 8.42 Å². The van der Waals surface area contributed by atoms with Gasteiger partial charge in [0.2, 0.25) is 10.0 Å². The highest BCUT2D eigenvalue weighted by molar-refractivity contribution is 7.99. The van der Waals surface area contributed by atoms with E-state index in [-0.39, 0.29) is 11.8 Å². The number of hydrogen-bond acceptors (Lipinski definition) is 4. The molecule has 1 saturated heterocycles. The molecule has 92 valence electrons. The van der Waals surface area contributed by atoms with Gasteiger partial charge in [-0.15, -0.1) is 0 Å². The fraction of sp³-hybridized carbons (Fsp3) is 0.900. The summed E-state index contributed by atoms with van der Waals surface area (Å²) in [4.78, 5) is 0. The molecule has 1 N–H and O–H groups in total. The molecule has 0 saturated carbocycles. The van der Waals surface area contributed by atoms with E-state index >= 15 is 0 Å². The van der Waals surface area contributed by atoms with Crippen molar-refractivity contribution in [2.45, 2.75) is 38.1 Å². The average Bonchev–Trinajstić information content (AvgIpc) is 2.25. The monoisotopic (exact) mass is 262 g/mol. The lowest BCUT2D eigenvalue weighted by molar-refractivity contribution is 0.540. The minimum absolute atomic E-state index is 0.111. The molecular weight excluding hydrogens is 244 g/mol. The highest BCUT2D eigenvalue weighted by Crippen LogP contribution is 2.17. The molecule has 16 heavy (non-hydrogen) atoms. The molecule has 1 heterocycles. The molecule has 1 aliphatic rings. The highest BCUT2D eigenvalue weighted by atomic mass is 32.2. The Bertz CT molecular complexity index is 329. The molecule has 0 aliphatic carbocycles. The number of sulfonamides is 1. The van der Waals surface area contributed by atoms with Crippen molar-refractivity contribution in [2.24, 2.45) is 0 Å². The number of rotatable bonds is 6. The van der Waals surface area contributed by atoms with Gasteiger partial charge in [-0.05, 0) is 31.4 Å². The molecule has 6 heteroatoms. The molecule has 0 amide bonds. The normalized spacial score (nSPS) is 21.6. The van der Waals surface area contributed by atoms with Crippen LogP contribution in [0.3, 0.4) is 0 Å². The van der Waals surface area contributed by atoms with Crippen molar-refractivity contribution in [3.05, 3.63) is 0 Å². The third-order valence-corrected chi connectivity index (χ3v) is 5.19. The first-order valence-corrected chi connectivity index (χ1v) is 8.39. The molecule has 0 radical (unpaired) electrons. The molecular formula is C10H18N2O2S2. The Hall–Kier alpha value is -0.250. The van der Waals surface area contributed by atoms with E-state index in [1.807, 2.05) is 6.07 Å². The Morgan fingerprint density at radius 3 is 2.88 bits per heavy atom. The third kappa shape index (κ3) is 5.73. The number of unbranched alkanes of at least 4 members (excludes halogenated alkanes) is 2. The van der Waals surface area contributed by atoms with E-state index in [1.54, 1.807) is 11.8 Å². The molecule has 0 spiro atoms. The van der Waals surface area contributed by atoms with Crippen molar-refractivity contribution in [3.8, 4) is 6.07 Å². The molecule has 1 atom stereocenters. The van der Waals surface area contributed by atoms with E-state index in [9.17, 15) is 8.42 Å². The lowest BCUT2D eigenvalue weighted by Gasteiger charge is -2.22. The van der Waals surface area contributed by atoms with E-state index in [0.717, 1.165) is 24.3 Å². The number of nitrogens with one attached hydrogen (secondary N) is 1. The SMILES string of the molecule is N#CCCCCS(=O)(=O)N[C@@H]1CCCSC1. The van der Waals surface area contributed by atoms with E-state index in [4.69, 9.17) is 5.26 Å². The molecule has 0 bridgehead atoms. The lowest BCUT2D eigenvalue weighted by atomic mass is 10.2. The fourth-order valence-electron chi connectivity index (χ4n) is 1.64. The second-order valence-electron chi connectivity index (χ2n) is 3.97. The van der Waals surface area contributed by atoms with Gasteiger partial charge in [0.25, 0.3) is 0 Å². The minimum Gasteiger partial charge on any atom is -0.212 e. The second kappa shape index (κ2) is 7.15. The van der Waals surface area contributed by atoms with Crippen molar-refractivity contribution >= 4 is 21.8 Å². The van der Waals surface area contributed by atoms with Gasteiger partial charge in [0.15, 0.2) is 0 Å². The molecule has 1 rings (SSSR count). The van der Waals surface area contributed by atoms with Crippen molar-refractivity contribution in [3.63, 3.8) is 0 Å². The number of nitrogens with zero attached hydrogens (tertiary/aromatic N) is 1. The number of thioether (sulfide) groups is 1. The Balaban J connectivity index is 2.25. The van der Waals surface area contributed by atoms with E-state index in [2.05, 4.69) is 4.72 Å². The number of hydrogen-bond donors (Lipinski definition) is 1. The summed E-state index contributed by atoms with van der Waals surface area (Å²) in [5.74, 6) is 2.17. The van der Waals surface area contributed by atoms with Crippen LogP contribution in [-0.2, 0) is 10.0 Å². The largest absolute Gasteiger partial charge is 0.212 e. The number of nitriles is 1. The van der Waals surface area contributed by atoms with E-state index in [0.29, 0.717) is 19.3 Å². The van der Waals surface area contributed by atoms with Gasteiger partial charge in [-0.25, -0.2) is 13.1 Å². The average molecular weight is 262 g/mol. The summed E-state index contributed by atoms with van der Waals surface area (Å²) >= 11 is 1.81. The summed E-state index contributed by atoms with van der Waals surface area (Å²) < 4.78 is 26.1. The summed E-state index contributed by atoms with van der Waals surface area (Å²) in [7, 11) is -3.13. The molecule has 0 aromatic carbocycles. The van der Waals surface area contributed by atoms with E-state index in [1.165, 1.54) is 0 Å². The zero-order chi connectivity index (χ0) is 11.9. The fourth-order valence-corrected chi connectivity index (χ4v) is 4.23. The van der Waals surface area contributed by atoms with Crippen LogP contribution in [0.25, 0.3) is 0 Å². The third-order valence-electron chi connectivity index (χ3n) is 2.46. The standard InChI is InChI=1S/C10H18N2O2S2/c11-6-2-1-3-8-16(13,14)12-10-5-4-7-15-9-10/h10,12H,1-5,7-9H2/t10-/m1/s1. The summed E-state index contributed by atoms with van der Waals surface area (Å²) in [5.41, 5.74) is 0. The smallest absolute Gasteiger partial charge is 0.211 e. The Kier molecular flexibility index (Phi) is 6.17. The molecule has 0 unspecified atom stereocenters. The Morgan fingerprint density at radius 1 is 1.44 bits per heavy atom. The van der Waals surface area contributed by atoms with Crippen molar-refractivity contribution in [1.29, 1.82) is 5.26 Å². The first-order chi connectivity index (χ1) is 7.64. The summed E-state index contributed by atoms with van der Waals surface area (Å²) in [6.07, 6.45) is 3.71. The predicted molar refractivity (Wildman–Crippen MR) is 66.7 cm³/mol. The maximum absolute atomic E-state index is 11.7. The highest BCUT2D eigenvalue weighted by Gasteiger charge is 2.19. The van der Waals surface area contributed by atoms with Crippen LogP contribution < -0.4 is 4.72 Å². The van der Waals surface area contributed by atoms with Crippen LogP contribution >= 0.6 is 11.8 Å². The van der Waals surface area contributed by atoms with Crippen molar-refractivity contribution in [2.75, 3.05) is 17.3 Å². The van der Waals surface area contributed by atoms with Gasteiger partial charge in [0.1, 0.15) is 0 Å². The molecule has 1 aliphatic heterocycles. The Labute approximate surface area is 102 Å². The maximum atomic E-state index is 11.7. The van der Waals surface area contributed by atoms with Crippen LogP contribution in [-0.4, -0.2) is 31.7 Å². The van der Waals surface area contributed by atoms with E-state index < -0.39 is 10.0 Å². The van der Waals surface area contributed by atoms with Gasteiger partial charge in [-0.1, -0.05) is 0 Å². The van der Waals surface area contributed by atoms with Crippen LogP contribution in [0.2, 0.25) is 0 Å². The first kappa shape index (κ1) is 13.8. The lowest BCUT2D eigenvalue weighted by Crippen LogP contribution is -2.39. The van der Waals surface area contributed by atoms with Crippen LogP contribution in [0.1, 0.15) is 32.1 Å². The summed E-state index contributed by atoms with van der Waals surface area (Å²) in [6, 6.07) is 2.13. The van der Waals surface area contributed by atoms with Gasteiger partial charge in [-0.2, -0.15) is 17.0 Å². The predicted octanol–water partition coefficient (Wildman–Crippen LogP) is 1.50. The minimum atomic E-state index is -3.13. The second-order valence-corrected chi connectivity index (χ2v) is 6.99. The van der Waals surface area contributed by atoms with Gasteiger partial charge in [0.05, 0.1) is 11.8 Å². The zero-order valence-electron chi connectivity index (χ0n) is 9.31. The van der Waals surface area contributed by atoms with Gasteiger partial charge in [-0.3, -0.25) is 0 Å². The topological polar surface area (TPSA) is 70.0 Å². The Morgan fingerprint density at radius 2 is 2.25 bits per heavy atom. The van der Waals surface area contributed by atoms with Gasteiger partial charge >= 0.3 is 0 Å².